The third-order valence-corrected chi connectivity index (χ3v) is 5.28. The topological polar surface area (TPSA) is 86.5 Å². The smallest absolute Gasteiger partial charge is 0.337 e. The second-order valence-corrected chi connectivity index (χ2v) is 7.48. The van der Waals surface area contributed by atoms with E-state index in [0.29, 0.717) is 22.2 Å². The standard InChI is InChI=1S/C21H23N3O4S/c1-14-4-8-17(9-5-14)24-15(2)22-23-21(24)29-13-18(25)12-28-19-10-6-16(7-11-19)20(26)27-3/h4-11,18,25H,12-13H2,1-3H3. The highest BCUT2D eigenvalue weighted by Gasteiger charge is 2.14. The summed E-state index contributed by atoms with van der Waals surface area (Å²) in [6, 6.07) is 14.7. The van der Waals surface area contributed by atoms with Crippen molar-refractivity contribution in [3.63, 3.8) is 0 Å². The van der Waals surface area contributed by atoms with E-state index in [9.17, 15) is 9.90 Å². The van der Waals surface area contributed by atoms with Gasteiger partial charge in [0.15, 0.2) is 5.16 Å². The van der Waals surface area contributed by atoms with Crippen LogP contribution in [0.1, 0.15) is 21.7 Å². The minimum Gasteiger partial charge on any atom is -0.491 e. The van der Waals surface area contributed by atoms with E-state index in [1.54, 1.807) is 24.3 Å². The molecule has 3 aromatic rings. The quantitative estimate of drug-likeness (QED) is 0.448. The first-order chi connectivity index (χ1) is 14.0. The summed E-state index contributed by atoms with van der Waals surface area (Å²) in [5.41, 5.74) is 2.61. The Kier molecular flexibility index (Phi) is 6.90. The Morgan fingerprint density at radius 1 is 1.10 bits per heavy atom. The first kappa shape index (κ1) is 20.9. The number of ether oxygens (including phenoxy) is 2. The van der Waals surface area contributed by atoms with Gasteiger partial charge in [0.05, 0.1) is 18.8 Å². The molecule has 0 fully saturated rings. The number of thioether (sulfide) groups is 1. The third-order valence-electron chi connectivity index (χ3n) is 4.21. The highest BCUT2D eigenvalue weighted by atomic mass is 32.2. The van der Waals surface area contributed by atoms with E-state index < -0.39 is 12.1 Å². The molecule has 0 spiro atoms. The average Bonchev–Trinajstić information content (AvgIpc) is 3.11. The molecule has 1 heterocycles. The van der Waals surface area contributed by atoms with Gasteiger partial charge in [0.2, 0.25) is 0 Å². The number of methoxy groups -OCH3 is 1. The summed E-state index contributed by atoms with van der Waals surface area (Å²) >= 11 is 1.42. The number of aliphatic hydroxyl groups excluding tert-OH is 1. The van der Waals surface area contributed by atoms with Crippen molar-refractivity contribution < 1.29 is 19.4 Å². The molecule has 3 rings (SSSR count). The molecule has 0 bridgehead atoms. The van der Waals surface area contributed by atoms with E-state index in [-0.39, 0.29) is 6.61 Å². The van der Waals surface area contributed by atoms with Crippen LogP contribution in [0.5, 0.6) is 5.75 Å². The third kappa shape index (κ3) is 5.36. The molecule has 8 heteroatoms. The molecule has 1 unspecified atom stereocenters. The molecule has 0 aliphatic carbocycles. The van der Waals surface area contributed by atoms with Crippen molar-refractivity contribution >= 4 is 17.7 Å². The zero-order valence-corrected chi connectivity index (χ0v) is 17.3. The average molecular weight is 413 g/mol. The maximum Gasteiger partial charge on any atom is 0.337 e. The van der Waals surface area contributed by atoms with E-state index in [0.717, 1.165) is 11.5 Å². The number of aliphatic hydroxyl groups is 1. The number of aromatic nitrogens is 3. The van der Waals surface area contributed by atoms with E-state index in [1.165, 1.54) is 24.4 Å². The predicted octanol–water partition coefficient (Wildman–Crippen LogP) is 3.20. The van der Waals surface area contributed by atoms with Crippen LogP contribution in [-0.4, -0.2) is 51.4 Å². The summed E-state index contributed by atoms with van der Waals surface area (Å²) in [6.45, 7) is 4.06. The highest BCUT2D eigenvalue weighted by molar-refractivity contribution is 7.99. The van der Waals surface area contributed by atoms with E-state index in [4.69, 9.17) is 4.74 Å². The molecule has 7 nitrogen and oxygen atoms in total. The van der Waals surface area contributed by atoms with Gasteiger partial charge < -0.3 is 14.6 Å². The zero-order valence-electron chi connectivity index (χ0n) is 16.5. The van der Waals surface area contributed by atoms with Crippen LogP contribution in [0.4, 0.5) is 0 Å². The number of hydrogen-bond donors (Lipinski definition) is 1. The first-order valence-electron chi connectivity index (χ1n) is 9.09. The molecular weight excluding hydrogens is 390 g/mol. The Morgan fingerprint density at radius 3 is 2.45 bits per heavy atom. The van der Waals surface area contributed by atoms with Crippen LogP contribution < -0.4 is 4.74 Å². The summed E-state index contributed by atoms with van der Waals surface area (Å²) in [5.74, 6) is 1.36. The van der Waals surface area contributed by atoms with Gasteiger partial charge in [-0.15, -0.1) is 10.2 Å². The van der Waals surface area contributed by atoms with Gasteiger partial charge in [0.1, 0.15) is 18.2 Å². The number of nitrogens with zero attached hydrogens (tertiary/aromatic N) is 3. The van der Waals surface area contributed by atoms with Gasteiger partial charge in [-0.3, -0.25) is 4.57 Å². The molecular formula is C21H23N3O4S. The maximum absolute atomic E-state index is 11.4. The number of benzene rings is 2. The van der Waals surface area contributed by atoms with Crippen molar-refractivity contribution in [3.8, 4) is 11.4 Å². The predicted molar refractivity (Wildman–Crippen MR) is 111 cm³/mol. The molecule has 1 aromatic heterocycles. The largest absolute Gasteiger partial charge is 0.491 e. The molecule has 0 amide bonds. The minimum absolute atomic E-state index is 0.127. The highest BCUT2D eigenvalue weighted by Crippen LogP contribution is 2.23. The van der Waals surface area contributed by atoms with Crippen molar-refractivity contribution in [2.24, 2.45) is 0 Å². The molecule has 29 heavy (non-hydrogen) atoms. The van der Waals surface area contributed by atoms with Crippen LogP contribution >= 0.6 is 11.8 Å². The molecule has 0 radical (unpaired) electrons. The number of carbonyl (C=O) groups excluding carboxylic acids is 1. The molecule has 2 aromatic carbocycles. The Labute approximate surface area is 173 Å². The Bertz CT molecular complexity index is 955. The van der Waals surface area contributed by atoms with Crippen LogP contribution in [-0.2, 0) is 4.74 Å². The summed E-state index contributed by atoms with van der Waals surface area (Å²) in [5, 5.41) is 19.4. The van der Waals surface area contributed by atoms with Gasteiger partial charge >= 0.3 is 5.97 Å². The van der Waals surface area contributed by atoms with Crippen LogP contribution in [0.2, 0.25) is 0 Å². The second-order valence-electron chi connectivity index (χ2n) is 6.49. The van der Waals surface area contributed by atoms with E-state index in [1.807, 2.05) is 42.7 Å². The number of aryl methyl sites for hydroxylation is 2. The normalized spacial score (nSPS) is 11.9. The fourth-order valence-electron chi connectivity index (χ4n) is 2.64. The van der Waals surface area contributed by atoms with Gasteiger partial charge in [-0.1, -0.05) is 29.5 Å². The van der Waals surface area contributed by atoms with Crippen molar-refractivity contribution in [1.82, 2.24) is 14.8 Å². The fourth-order valence-corrected chi connectivity index (χ4v) is 3.55. The van der Waals surface area contributed by atoms with Crippen molar-refractivity contribution in [2.75, 3.05) is 19.5 Å². The summed E-state index contributed by atoms with van der Waals surface area (Å²) < 4.78 is 12.2. The summed E-state index contributed by atoms with van der Waals surface area (Å²) in [6.07, 6.45) is -0.691. The lowest BCUT2D eigenvalue weighted by molar-refractivity contribution is 0.0600. The molecule has 152 valence electrons. The lowest BCUT2D eigenvalue weighted by atomic mass is 10.2. The number of esters is 1. The fraction of sp³-hybridized carbons (Fsp3) is 0.286. The van der Waals surface area contributed by atoms with Crippen LogP contribution in [0.3, 0.4) is 0 Å². The second kappa shape index (κ2) is 9.58. The lowest BCUT2D eigenvalue weighted by Crippen LogP contribution is -2.20. The number of carbonyl (C=O) groups is 1. The van der Waals surface area contributed by atoms with Gasteiger partial charge in [-0.25, -0.2) is 4.79 Å². The van der Waals surface area contributed by atoms with Crippen LogP contribution in [0.25, 0.3) is 5.69 Å². The monoisotopic (exact) mass is 413 g/mol. The molecule has 0 saturated heterocycles. The van der Waals surface area contributed by atoms with Gasteiger partial charge in [0, 0.05) is 11.4 Å². The van der Waals surface area contributed by atoms with E-state index in [2.05, 4.69) is 14.9 Å². The van der Waals surface area contributed by atoms with Crippen molar-refractivity contribution in [2.45, 2.75) is 25.1 Å². The maximum atomic E-state index is 11.4. The van der Waals surface area contributed by atoms with Gasteiger partial charge in [0.25, 0.3) is 0 Å². The van der Waals surface area contributed by atoms with Crippen LogP contribution in [0.15, 0.2) is 53.7 Å². The zero-order chi connectivity index (χ0) is 20.8. The minimum atomic E-state index is -0.691. The van der Waals surface area contributed by atoms with E-state index >= 15 is 0 Å². The lowest BCUT2D eigenvalue weighted by Gasteiger charge is -2.13. The Balaban J connectivity index is 1.55. The molecule has 0 saturated carbocycles. The molecule has 0 aliphatic heterocycles. The number of hydrogen-bond acceptors (Lipinski definition) is 7. The van der Waals surface area contributed by atoms with Gasteiger partial charge in [-0.2, -0.15) is 0 Å². The summed E-state index contributed by atoms with van der Waals surface area (Å²) in [7, 11) is 1.34. The summed E-state index contributed by atoms with van der Waals surface area (Å²) in [4.78, 5) is 11.4. The number of rotatable bonds is 8. The SMILES string of the molecule is COC(=O)c1ccc(OCC(O)CSc2nnc(C)n2-c2ccc(C)cc2)cc1. The van der Waals surface area contributed by atoms with Gasteiger partial charge in [-0.05, 0) is 50.2 Å². The molecule has 0 aliphatic rings. The van der Waals surface area contributed by atoms with Crippen molar-refractivity contribution in [3.05, 3.63) is 65.5 Å². The molecule has 1 N–H and O–H groups in total. The Hall–Kier alpha value is -2.84. The molecule has 1 atom stereocenters. The Morgan fingerprint density at radius 2 is 1.79 bits per heavy atom. The van der Waals surface area contributed by atoms with Crippen molar-refractivity contribution in [1.29, 1.82) is 0 Å². The van der Waals surface area contributed by atoms with Crippen LogP contribution in [0, 0.1) is 13.8 Å². The first-order valence-corrected chi connectivity index (χ1v) is 10.1.